The zero-order valence-corrected chi connectivity index (χ0v) is 12.7. The van der Waals surface area contributed by atoms with Crippen molar-refractivity contribution in [3.63, 3.8) is 0 Å². The third-order valence-corrected chi connectivity index (χ3v) is 3.71. The average molecular weight is 341 g/mol. The van der Waals surface area contributed by atoms with Crippen LogP contribution in [0.25, 0.3) is 0 Å². The molecule has 106 valence electrons. The van der Waals surface area contributed by atoms with Gasteiger partial charge in [0.1, 0.15) is 11.6 Å². The summed E-state index contributed by atoms with van der Waals surface area (Å²) in [6.45, 7) is 0.956. The van der Waals surface area contributed by atoms with Gasteiger partial charge in [-0.2, -0.15) is 0 Å². The van der Waals surface area contributed by atoms with Crippen molar-refractivity contribution in [3.8, 4) is 0 Å². The number of hydrogen-bond donors (Lipinski definition) is 0. The summed E-state index contributed by atoms with van der Waals surface area (Å²) in [5, 5.41) is 0. The first kappa shape index (κ1) is 15.1. The quantitative estimate of drug-likeness (QED) is 0.769. The van der Waals surface area contributed by atoms with E-state index >= 15 is 0 Å². The van der Waals surface area contributed by atoms with Gasteiger partial charge in [-0.3, -0.25) is 4.98 Å². The lowest BCUT2D eigenvalue weighted by Crippen LogP contribution is -2.22. The zero-order valence-electron chi connectivity index (χ0n) is 11.1. The van der Waals surface area contributed by atoms with Crippen molar-refractivity contribution in [3.05, 3.63) is 63.9 Å². The zero-order chi connectivity index (χ0) is 14.5. The predicted molar refractivity (Wildman–Crippen MR) is 78.3 cm³/mol. The molecule has 2 aromatic rings. The van der Waals surface area contributed by atoms with Crippen molar-refractivity contribution < 1.29 is 8.78 Å². The second-order valence-corrected chi connectivity index (χ2v) is 5.52. The second kappa shape index (κ2) is 6.90. The third-order valence-electron chi connectivity index (χ3n) is 3.10. The first-order chi connectivity index (χ1) is 9.58. The van der Waals surface area contributed by atoms with Crippen LogP contribution < -0.4 is 0 Å². The summed E-state index contributed by atoms with van der Waals surface area (Å²) in [4.78, 5) is 5.85. The Kier molecular flexibility index (Phi) is 5.20. The molecule has 1 heterocycles. The van der Waals surface area contributed by atoms with Crippen LogP contribution in [0.3, 0.4) is 0 Å². The van der Waals surface area contributed by atoms with Crippen molar-refractivity contribution in [1.82, 2.24) is 9.88 Å². The highest BCUT2D eigenvalue weighted by atomic mass is 79.9. The lowest BCUT2D eigenvalue weighted by Gasteiger charge is -2.18. The highest BCUT2D eigenvalue weighted by molar-refractivity contribution is 9.10. The Bertz CT molecular complexity index is 576. The second-order valence-electron chi connectivity index (χ2n) is 4.66. The number of pyridine rings is 1. The van der Waals surface area contributed by atoms with Crippen LogP contribution >= 0.6 is 15.9 Å². The predicted octanol–water partition coefficient (Wildman–Crippen LogP) is 3.80. The summed E-state index contributed by atoms with van der Waals surface area (Å²) in [6.07, 6.45) is 4.29. The minimum Gasteiger partial charge on any atom is -0.302 e. The fourth-order valence-electron chi connectivity index (χ4n) is 1.93. The number of likely N-dealkylation sites (N-methyl/N-ethyl adjacent to an activating group) is 1. The van der Waals surface area contributed by atoms with Crippen LogP contribution in [0.1, 0.15) is 11.1 Å². The van der Waals surface area contributed by atoms with Crippen LogP contribution in [0.15, 0.2) is 41.1 Å². The summed E-state index contributed by atoms with van der Waals surface area (Å²) < 4.78 is 27.8. The van der Waals surface area contributed by atoms with E-state index in [1.165, 1.54) is 12.1 Å². The molecule has 0 aliphatic heterocycles. The van der Waals surface area contributed by atoms with Gasteiger partial charge < -0.3 is 4.90 Å². The van der Waals surface area contributed by atoms with E-state index in [1.54, 1.807) is 12.4 Å². The number of aromatic nitrogens is 1. The molecule has 0 bridgehead atoms. The fraction of sp³-hybridized carbons (Fsp3) is 0.267. The lowest BCUT2D eigenvalue weighted by atomic mass is 10.1. The van der Waals surface area contributed by atoms with E-state index < -0.39 is 11.6 Å². The molecule has 0 atom stereocenters. The molecule has 1 aromatic heterocycles. The van der Waals surface area contributed by atoms with Gasteiger partial charge in [-0.05, 0) is 59.2 Å². The van der Waals surface area contributed by atoms with Crippen molar-refractivity contribution >= 4 is 15.9 Å². The molecule has 1 aromatic carbocycles. The number of benzene rings is 1. The van der Waals surface area contributed by atoms with Crippen LogP contribution in [0.2, 0.25) is 0 Å². The van der Waals surface area contributed by atoms with Gasteiger partial charge in [-0.1, -0.05) is 0 Å². The van der Waals surface area contributed by atoms with Gasteiger partial charge in [0.2, 0.25) is 0 Å². The standard InChI is InChI=1S/C15H15BrF2N2/c1-20(9-6-11-4-7-19-8-5-11)10-12-14(17)3-2-13(16)15(12)18/h2-5,7-8H,6,9-10H2,1H3. The monoisotopic (exact) mass is 340 g/mol. The van der Waals surface area contributed by atoms with Crippen molar-refractivity contribution in [2.24, 2.45) is 0 Å². The molecular weight excluding hydrogens is 326 g/mol. The molecule has 2 rings (SSSR count). The maximum Gasteiger partial charge on any atom is 0.144 e. The minimum absolute atomic E-state index is 0.0941. The Hall–Kier alpha value is -1.33. The first-order valence-corrected chi connectivity index (χ1v) is 7.07. The highest BCUT2D eigenvalue weighted by Gasteiger charge is 2.14. The molecule has 0 aliphatic rings. The van der Waals surface area contributed by atoms with Gasteiger partial charge in [0.15, 0.2) is 0 Å². The van der Waals surface area contributed by atoms with Crippen LogP contribution in [0.5, 0.6) is 0 Å². The molecular formula is C15H15BrF2N2. The van der Waals surface area contributed by atoms with Gasteiger partial charge in [0, 0.05) is 31.0 Å². The lowest BCUT2D eigenvalue weighted by molar-refractivity contribution is 0.318. The van der Waals surface area contributed by atoms with Crippen molar-refractivity contribution in [2.75, 3.05) is 13.6 Å². The molecule has 20 heavy (non-hydrogen) atoms. The Morgan fingerprint density at radius 1 is 1.15 bits per heavy atom. The number of rotatable bonds is 5. The molecule has 0 fully saturated rings. The van der Waals surface area contributed by atoms with E-state index in [9.17, 15) is 8.78 Å². The molecule has 5 heteroatoms. The third kappa shape index (κ3) is 3.84. The summed E-state index contributed by atoms with van der Waals surface area (Å²) >= 11 is 3.08. The molecule has 0 spiro atoms. The largest absolute Gasteiger partial charge is 0.302 e. The summed E-state index contributed by atoms with van der Waals surface area (Å²) in [6, 6.07) is 6.53. The average Bonchev–Trinajstić information content (AvgIpc) is 2.46. The maximum absolute atomic E-state index is 13.9. The Labute approximate surface area is 125 Å². The maximum atomic E-state index is 13.9. The van der Waals surface area contributed by atoms with E-state index in [0.717, 1.165) is 18.5 Å². The van der Waals surface area contributed by atoms with Gasteiger partial charge >= 0.3 is 0 Å². The van der Waals surface area contributed by atoms with E-state index in [4.69, 9.17) is 0 Å². The summed E-state index contributed by atoms with van der Waals surface area (Å²) in [5.41, 5.74) is 1.25. The van der Waals surface area contributed by atoms with Crippen molar-refractivity contribution in [2.45, 2.75) is 13.0 Å². The normalized spacial score (nSPS) is 11.1. The Morgan fingerprint density at radius 3 is 2.55 bits per heavy atom. The number of hydrogen-bond acceptors (Lipinski definition) is 2. The molecule has 2 nitrogen and oxygen atoms in total. The topological polar surface area (TPSA) is 16.1 Å². The van der Waals surface area contributed by atoms with Gasteiger partial charge in [0.05, 0.1) is 4.47 Å². The Morgan fingerprint density at radius 2 is 1.85 bits per heavy atom. The Balaban J connectivity index is 1.98. The molecule has 0 unspecified atom stereocenters. The molecule has 0 saturated carbocycles. The van der Waals surface area contributed by atoms with Gasteiger partial charge in [0.25, 0.3) is 0 Å². The van der Waals surface area contributed by atoms with Crippen LogP contribution in [-0.2, 0) is 13.0 Å². The minimum atomic E-state index is -0.527. The molecule has 0 amide bonds. The van der Waals surface area contributed by atoms with E-state index in [2.05, 4.69) is 20.9 Å². The van der Waals surface area contributed by atoms with Gasteiger partial charge in [-0.25, -0.2) is 8.78 Å². The SMILES string of the molecule is CN(CCc1ccncc1)Cc1c(F)ccc(Br)c1F. The molecule has 0 aliphatic carbocycles. The van der Waals surface area contributed by atoms with Crippen LogP contribution in [-0.4, -0.2) is 23.5 Å². The van der Waals surface area contributed by atoms with Gasteiger partial charge in [-0.15, -0.1) is 0 Å². The number of nitrogens with zero attached hydrogens (tertiary/aromatic N) is 2. The van der Waals surface area contributed by atoms with Crippen LogP contribution in [0, 0.1) is 11.6 Å². The van der Waals surface area contributed by atoms with E-state index in [0.29, 0.717) is 0 Å². The molecule has 0 saturated heterocycles. The summed E-state index contributed by atoms with van der Waals surface area (Å²) in [5.74, 6) is -1.04. The smallest absolute Gasteiger partial charge is 0.144 e. The van der Waals surface area contributed by atoms with E-state index in [1.807, 2.05) is 24.1 Å². The highest BCUT2D eigenvalue weighted by Crippen LogP contribution is 2.22. The fourth-order valence-corrected chi connectivity index (χ4v) is 2.30. The first-order valence-electron chi connectivity index (χ1n) is 6.27. The molecule has 0 radical (unpaired) electrons. The van der Waals surface area contributed by atoms with E-state index in [-0.39, 0.29) is 16.6 Å². The van der Waals surface area contributed by atoms with Crippen molar-refractivity contribution in [1.29, 1.82) is 0 Å². The summed E-state index contributed by atoms with van der Waals surface area (Å²) in [7, 11) is 1.85. The van der Waals surface area contributed by atoms with Crippen LogP contribution in [0.4, 0.5) is 8.78 Å². The number of halogens is 3. The molecule has 0 N–H and O–H groups in total.